The van der Waals surface area contributed by atoms with Crippen LogP contribution >= 0.6 is 35.6 Å². The first-order valence-corrected chi connectivity index (χ1v) is 8.70. The molecule has 4 nitrogen and oxygen atoms in total. The van der Waals surface area contributed by atoms with Gasteiger partial charge in [-0.1, -0.05) is 35.3 Å². The molecule has 0 aliphatic rings. The zero-order chi connectivity index (χ0) is 18.4. The van der Waals surface area contributed by atoms with Crippen LogP contribution in [0, 0.1) is 0 Å². The van der Waals surface area contributed by atoms with E-state index in [1.54, 1.807) is 19.2 Å². The summed E-state index contributed by atoms with van der Waals surface area (Å²) in [5.41, 5.74) is 1.55. The second kappa shape index (κ2) is 10.2. The van der Waals surface area contributed by atoms with Gasteiger partial charge in [0.1, 0.15) is 6.61 Å². The molecule has 0 spiro atoms. The Hall–Kier alpha value is -1.17. The summed E-state index contributed by atoms with van der Waals surface area (Å²) < 4.78 is 11.3. The van der Waals surface area contributed by atoms with Gasteiger partial charge in [0.15, 0.2) is 11.5 Å². The van der Waals surface area contributed by atoms with E-state index in [-0.39, 0.29) is 24.6 Å². The van der Waals surface area contributed by atoms with Crippen LogP contribution in [0.2, 0.25) is 10.0 Å². The van der Waals surface area contributed by atoms with E-state index >= 15 is 0 Å². The Bertz CT molecular complexity index is 723. The molecule has 2 aromatic carbocycles. The van der Waals surface area contributed by atoms with Crippen LogP contribution in [0.25, 0.3) is 0 Å². The highest BCUT2D eigenvalue weighted by atomic mass is 35.5. The summed E-state index contributed by atoms with van der Waals surface area (Å²) in [5.74, 6) is 1.28. The molecule has 7 heteroatoms. The minimum absolute atomic E-state index is 0. The van der Waals surface area contributed by atoms with Crippen LogP contribution in [0.3, 0.4) is 0 Å². The third-order valence-corrected chi connectivity index (χ3v) is 4.38. The number of benzene rings is 2. The van der Waals surface area contributed by atoms with E-state index in [1.807, 2.05) is 38.1 Å². The minimum atomic E-state index is -0.340. The fourth-order valence-corrected chi connectivity index (χ4v) is 2.60. The number of methoxy groups -OCH3 is 1. The highest BCUT2D eigenvalue weighted by Gasteiger charge is 2.15. The van der Waals surface area contributed by atoms with E-state index in [0.717, 1.165) is 11.1 Å². The molecule has 0 fully saturated rings. The van der Waals surface area contributed by atoms with Gasteiger partial charge in [-0.2, -0.15) is 0 Å². The molecule has 144 valence electrons. The number of hydrogen-bond donors (Lipinski definition) is 2. The third kappa shape index (κ3) is 6.53. The van der Waals surface area contributed by atoms with Crippen molar-refractivity contribution < 1.29 is 14.6 Å². The van der Waals surface area contributed by atoms with Crippen molar-refractivity contribution >= 4 is 35.6 Å². The standard InChI is InChI=1S/C19H23Cl2NO3.ClH/c1-19(2,12-23)22-10-13-4-7-17(18(8-13)24-3)25-11-14-5-6-15(20)9-16(14)21;/h4-9,22-23H,10-12H2,1-3H3;1H. The molecule has 0 aliphatic heterocycles. The highest BCUT2D eigenvalue weighted by molar-refractivity contribution is 6.35. The molecule has 0 unspecified atom stereocenters. The monoisotopic (exact) mass is 419 g/mol. The van der Waals surface area contributed by atoms with Crippen LogP contribution in [-0.2, 0) is 13.2 Å². The second-order valence-electron chi connectivity index (χ2n) is 6.41. The van der Waals surface area contributed by atoms with Crippen molar-refractivity contribution in [1.29, 1.82) is 0 Å². The van der Waals surface area contributed by atoms with Gasteiger partial charge in [-0.3, -0.25) is 0 Å². The third-order valence-electron chi connectivity index (χ3n) is 3.79. The first-order chi connectivity index (χ1) is 11.8. The highest BCUT2D eigenvalue weighted by Crippen LogP contribution is 2.30. The van der Waals surface area contributed by atoms with Crippen LogP contribution in [-0.4, -0.2) is 24.4 Å². The second-order valence-corrected chi connectivity index (χ2v) is 7.25. The van der Waals surface area contributed by atoms with Gasteiger partial charge >= 0.3 is 0 Å². The Kier molecular flexibility index (Phi) is 9.01. The van der Waals surface area contributed by atoms with E-state index in [0.29, 0.717) is 34.7 Å². The van der Waals surface area contributed by atoms with Gasteiger partial charge in [0.25, 0.3) is 0 Å². The van der Waals surface area contributed by atoms with Gasteiger partial charge in [0.2, 0.25) is 0 Å². The maximum Gasteiger partial charge on any atom is 0.161 e. The van der Waals surface area contributed by atoms with Crippen molar-refractivity contribution in [1.82, 2.24) is 5.32 Å². The molecule has 0 heterocycles. The summed E-state index contributed by atoms with van der Waals surface area (Å²) in [5, 5.41) is 13.8. The molecule has 0 bridgehead atoms. The molecular weight excluding hydrogens is 397 g/mol. The fraction of sp³-hybridized carbons (Fsp3) is 0.368. The number of hydrogen-bond acceptors (Lipinski definition) is 4. The molecule has 0 atom stereocenters. The lowest BCUT2D eigenvalue weighted by molar-refractivity contribution is 0.187. The van der Waals surface area contributed by atoms with Crippen molar-refractivity contribution in [2.75, 3.05) is 13.7 Å². The molecular formula is C19H24Cl3NO3. The molecule has 2 aromatic rings. The number of halogens is 3. The lowest BCUT2D eigenvalue weighted by Crippen LogP contribution is -2.42. The van der Waals surface area contributed by atoms with Crippen molar-refractivity contribution in [2.45, 2.75) is 32.5 Å². The first kappa shape index (κ1) is 22.9. The van der Waals surface area contributed by atoms with Gasteiger partial charge in [-0.05, 0) is 43.7 Å². The maximum absolute atomic E-state index is 9.31. The Morgan fingerprint density at radius 1 is 1.08 bits per heavy atom. The van der Waals surface area contributed by atoms with Gasteiger partial charge in [0, 0.05) is 27.7 Å². The number of rotatable bonds is 8. The summed E-state index contributed by atoms with van der Waals surface area (Å²) >= 11 is 12.1. The van der Waals surface area contributed by atoms with E-state index in [1.165, 1.54) is 0 Å². The summed E-state index contributed by atoms with van der Waals surface area (Å²) in [6.07, 6.45) is 0. The quantitative estimate of drug-likeness (QED) is 0.640. The average molecular weight is 421 g/mol. The molecule has 2 N–H and O–H groups in total. The van der Waals surface area contributed by atoms with Gasteiger partial charge in [-0.15, -0.1) is 12.4 Å². The van der Waals surface area contributed by atoms with Crippen LogP contribution in [0.4, 0.5) is 0 Å². The lowest BCUT2D eigenvalue weighted by atomic mass is 10.1. The summed E-state index contributed by atoms with van der Waals surface area (Å²) in [6.45, 7) is 4.89. The molecule has 2 rings (SSSR count). The van der Waals surface area contributed by atoms with Crippen molar-refractivity contribution in [3.05, 3.63) is 57.6 Å². The Balaban J connectivity index is 0.00000338. The van der Waals surface area contributed by atoms with Crippen LogP contribution in [0.15, 0.2) is 36.4 Å². The number of aliphatic hydroxyl groups is 1. The fourth-order valence-electron chi connectivity index (χ4n) is 2.13. The number of aliphatic hydroxyl groups excluding tert-OH is 1. The molecule has 0 radical (unpaired) electrons. The minimum Gasteiger partial charge on any atom is -0.493 e. The predicted molar refractivity (Wildman–Crippen MR) is 109 cm³/mol. The molecule has 0 aromatic heterocycles. The zero-order valence-corrected chi connectivity index (χ0v) is 17.3. The summed E-state index contributed by atoms with van der Waals surface area (Å²) in [7, 11) is 1.60. The number of nitrogens with one attached hydrogen (secondary N) is 1. The zero-order valence-electron chi connectivity index (χ0n) is 15.0. The molecule has 0 aliphatic carbocycles. The average Bonchev–Trinajstić information content (AvgIpc) is 2.59. The molecule has 0 saturated heterocycles. The van der Waals surface area contributed by atoms with Gasteiger partial charge in [0.05, 0.1) is 13.7 Å². The Morgan fingerprint density at radius 3 is 2.42 bits per heavy atom. The van der Waals surface area contributed by atoms with E-state index < -0.39 is 0 Å². The van der Waals surface area contributed by atoms with E-state index in [2.05, 4.69) is 5.32 Å². The van der Waals surface area contributed by atoms with Crippen LogP contribution in [0.1, 0.15) is 25.0 Å². The maximum atomic E-state index is 9.31. The number of ether oxygens (including phenoxy) is 2. The van der Waals surface area contributed by atoms with Crippen LogP contribution in [0.5, 0.6) is 11.5 Å². The van der Waals surface area contributed by atoms with Gasteiger partial charge in [-0.25, -0.2) is 0 Å². The molecule has 0 amide bonds. The largest absolute Gasteiger partial charge is 0.493 e. The predicted octanol–water partition coefficient (Wildman–Crippen LogP) is 4.86. The topological polar surface area (TPSA) is 50.7 Å². The normalized spacial score (nSPS) is 11.0. The Morgan fingerprint density at radius 2 is 1.81 bits per heavy atom. The summed E-state index contributed by atoms with van der Waals surface area (Å²) in [6, 6.07) is 11.1. The first-order valence-electron chi connectivity index (χ1n) is 7.94. The SMILES string of the molecule is COc1cc(CNC(C)(C)CO)ccc1OCc1ccc(Cl)cc1Cl.Cl. The van der Waals surface area contributed by atoms with E-state index in [9.17, 15) is 5.11 Å². The van der Waals surface area contributed by atoms with Gasteiger partial charge < -0.3 is 19.9 Å². The van der Waals surface area contributed by atoms with Crippen LogP contribution < -0.4 is 14.8 Å². The van der Waals surface area contributed by atoms with Crippen molar-refractivity contribution in [3.8, 4) is 11.5 Å². The summed E-state index contributed by atoms with van der Waals surface area (Å²) in [4.78, 5) is 0. The molecule has 26 heavy (non-hydrogen) atoms. The van der Waals surface area contributed by atoms with Crippen molar-refractivity contribution in [2.24, 2.45) is 0 Å². The molecule has 0 saturated carbocycles. The smallest absolute Gasteiger partial charge is 0.161 e. The lowest BCUT2D eigenvalue weighted by Gasteiger charge is -2.23. The van der Waals surface area contributed by atoms with Crippen molar-refractivity contribution in [3.63, 3.8) is 0 Å². The Labute approximate surface area is 170 Å². The van der Waals surface area contributed by atoms with E-state index in [4.69, 9.17) is 32.7 Å².